The summed E-state index contributed by atoms with van der Waals surface area (Å²) >= 11 is 0. The Labute approximate surface area is 139 Å². The summed E-state index contributed by atoms with van der Waals surface area (Å²) in [6.45, 7) is 4.00. The minimum atomic E-state index is -0.594. The number of benzene rings is 2. The third-order valence-corrected chi connectivity index (χ3v) is 4.51. The number of halogens is 3. The zero-order valence-corrected chi connectivity index (χ0v) is 13.8. The Morgan fingerprint density at radius 1 is 0.917 bits per heavy atom. The summed E-state index contributed by atoms with van der Waals surface area (Å²) in [5.41, 5.74) is 2.83. The molecule has 0 atom stereocenters. The predicted molar refractivity (Wildman–Crippen MR) is 91.5 cm³/mol. The molecule has 126 valence electrons. The van der Waals surface area contributed by atoms with Gasteiger partial charge in [0.05, 0.1) is 11.2 Å². The average Bonchev–Trinajstić information content (AvgIpc) is 2.88. The highest BCUT2D eigenvalue weighted by Gasteiger charge is 2.27. The van der Waals surface area contributed by atoms with Crippen LogP contribution in [0.15, 0.2) is 36.4 Å². The zero-order chi connectivity index (χ0) is 17.3. The number of nitrogens with one attached hydrogen (secondary N) is 1. The number of aromatic nitrogens is 1. The Morgan fingerprint density at radius 3 is 2.17 bits per heavy atom. The minimum Gasteiger partial charge on any atom is -0.352 e. The number of hydrogen-bond acceptors (Lipinski definition) is 0. The number of H-pyrrole nitrogens is 1. The molecule has 1 N–H and O–H groups in total. The second-order valence-electron chi connectivity index (χ2n) is 5.86. The summed E-state index contributed by atoms with van der Waals surface area (Å²) < 4.78 is 40.8. The third-order valence-electron chi connectivity index (χ3n) is 4.51. The molecule has 0 amide bonds. The van der Waals surface area contributed by atoms with E-state index in [1.165, 1.54) is 18.2 Å². The highest BCUT2D eigenvalue weighted by atomic mass is 19.1. The van der Waals surface area contributed by atoms with Crippen LogP contribution in [0.4, 0.5) is 13.2 Å². The first-order valence-corrected chi connectivity index (χ1v) is 8.40. The molecule has 24 heavy (non-hydrogen) atoms. The molecule has 1 saturated carbocycles. The molecule has 1 fully saturated rings. The second kappa shape index (κ2) is 6.71. The second-order valence-corrected chi connectivity index (χ2v) is 5.86. The van der Waals surface area contributed by atoms with Gasteiger partial charge in [0.2, 0.25) is 0 Å². The lowest BCUT2D eigenvalue weighted by Gasteiger charge is -2.26. The van der Waals surface area contributed by atoms with Crippen molar-refractivity contribution in [3.8, 4) is 11.3 Å². The van der Waals surface area contributed by atoms with Crippen LogP contribution >= 0.6 is 0 Å². The predicted octanol–water partition coefficient (Wildman–Crippen LogP) is 6.55. The maximum absolute atomic E-state index is 14.1. The molecule has 0 spiro atoms. The van der Waals surface area contributed by atoms with Gasteiger partial charge >= 0.3 is 0 Å². The Kier molecular flexibility index (Phi) is 4.65. The van der Waals surface area contributed by atoms with Crippen molar-refractivity contribution in [2.45, 2.75) is 39.0 Å². The Bertz CT molecular complexity index is 845. The van der Waals surface area contributed by atoms with Crippen LogP contribution in [0.1, 0.15) is 44.6 Å². The quantitative estimate of drug-likeness (QED) is 0.548. The minimum absolute atomic E-state index is 0.301. The maximum Gasteiger partial charge on any atom is 0.150 e. The molecule has 0 unspecified atom stereocenters. The van der Waals surface area contributed by atoms with Crippen molar-refractivity contribution in [3.63, 3.8) is 0 Å². The molecule has 1 aromatic heterocycles. The van der Waals surface area contributed by atoms with Gasteiger partial charge in [0.25, 0.3) is 0 Å². The molecular weight excluding hydrogens is 311 g/mol. The fraction of sp³-hybridized carbons (Fsp3) is 0.300. The largest absolute Gasteiger partial charge is 0.352 e. The molecule has 3 aromatic rings. The SMILES string of the molecule is CC.Fc1ccc(-c2[nH]c3c(F)cc(F)cc3c2C2CCC2)cc1. The van der Waals surface area contributed by atoms with Crippen molar-refractivity contribution < 1.29 is 13.2 Å². The lowest BCUT2D eigenvalue weighted by atomic mass is 9.78. The van der Waals surface area contributed by atoms with Crippen LogP contribution in [0.25, 0.3) is 22.2 Å². The van der Waals surface area contributed by atoms with Gasteiger partial charge in [-0.2, -0.15) is 0 Å². The van der Waals surface area contributed by atoms with Gasteiger partial charge in [-0.3, -0.25) is 0 Å². The molecule has 0 aliphatic heterocycles. The summed E-state index contributed by atoms with van der Waals surface area (Å²) in [6, 6.07) is 8.35. The Morgan fingerprint density at radius 2 is 1.58 bits per heavy atom. The summed E-state index contributed by atoms with van der Waals surface area (Å²) in [5.74, 6) is -1.18. The molecule has 1 aliphatic carbocycles. The van der Waals surface area contributed by atoms with Crippen molar-refractivity contribution in [1.29, 1.82) is 0 Å². The molecule has 1 heterocycles. The molecule has 0 saturated heterocycles. The summed E-state index contributed by atoms with van der Waals surface area (Å²) in [7, 11) is 0. The van der Waals surface area contributed by atoms with Gasteiger partial charge in [-0.15, -0.1) is 0 Å². The van der Waals surface area contributed by atoms with Crippen molar-refractivity contribution in [3.05, 3.63) is 59.4 Å². The first-order valence-electron chi connectivity index (χ1n) is 8.40. The van der Waals surface area contributed by atoms with Gasteiger partial charge in [0.1, 0.15) is 17.5 Å². The van der Waals surface area contributed by atoms with Crippen LogP contribution < -0.4 is 0 Å². The van der Waals surface area contributed by atoms with Gasteiger partial charge in [0.15, 0.2) is 0 Å². The first kappa shape index (κ1) is 16.6. The Balaban J connectivity index is 0.000000815. The standard InChI is InChI=1S/C18H14F3N.C2H6/c19-12-6-4-11(5-7-12)17-16(10-2-1-3-10)14-8-13(20)9-15(21)18(14)22-17;1-2/h4-10,22H,1-3H2;1-2H3. The van der Waals surface area contributed by atoms with E-state index in [0.717, 1.165) is 42.1 Å². The van der Waals surface area contributed by atoms with Crippen molar-refractivity contribution in [2.75, 3.05) is 0 Å². The van der Waals surface area contributed by atoms with E-state index in [2.05, 4.69) is 4.98 Å². The number of rotatable bonds is 2. The van der Waals surface area contributed by atoms with Crippen LogP contribution in [0.3, 0.4) is 0 Å². The molecule has 4 heteroatoms. The van der Waals surface area contributed by atoms with Crippen molar-refractivity contribution >= 4 is 10.9 Å². The summed E-state index contributed by atoms with van der Waals surface area (Å²) in [6.07, 6.45) is 3.15. The van der Waals surface area contributed by atoms with Crippen LogP contribution in [0, 0.1) is 17.5 Å². The van der Waals surface area contributed by atoms with Crippen LogP contribution in [0.5, 0.6) is 0 Å². The van der Waals surface area contributed by atoms with Gasteiger partial charge in [-0.05, 0) is 60.2 Å². The molecule has 2 aromatic carbocycles. The smallest absolute Gasteiger partial charge is 0.150 e. The molecule has 1 aliphatic rings. The topological polar surface area (TPSA) is 15.8 Å². The van der Waals surface area contributed by atoms with Crippen LogP contribution in [-0.4, -0.2) is 4.98 Å². The molecular formula is C20H20F3N. The van der Waals surface area contributed by atoms with E-state index in [1.54, 1.807) is 12.1 Å². The van der Waals surface area contributed by atoms with Crippen LogP contribution in [-0.2, 0) is 0 Å². The lowest BCUT2D eigenvalue weighted by molar-refractivity contribution is 0.423. The van der Waals surface area contributed by atoms with Gasteiger partial charge in [-0.25, -0.2) is 13.2 Å². The molecule has 4 rings (SSSR count). The van der Waals surface area contributed by atoms with E-state index in [-0.39, 0.29) is 5.82 Å². The zero-order valence-electron chi connectivity index (χ0n) is 13.8. The lowest BCUT2D eigenvalue weighted by Crippen LogP contribution is -2.09. The number of hydrogen-bond donors (Lipinski definition) is 1. The Hall–Kier alpha value is -2.23. The highest BCUT2D eigenvalue weighted by Crippen LogP contribution is 2.45. The van der Waals surface area contributed by atoms with Crippen LogP contribution in [0.2, 0.25) is 0 Å². The number of aromatic amines is 1. The van der Waals surface area contributed by atoms with Gasteiger partial charge < -0.3 is 4.98 Å². The first-order chi connectivity index (χ1) is 11.6. The van der Waals surface area contributed by atoms with Crippen molar-refractivity contribution in [2.24, 2.45) is 0 Å². The fourth-order valence-corrected chi connectivity index (χ4v) is 3.21. The monoisotopic (exact) mass is 331 g/mol. The van der Waals surface area contributed by atoms with E-state index in [4.69, 9.17) is 0 Å². The van der Waals surface area contributed by atoms with E-state index in [1.807, 2.05) is 13.8 Å². The number of fused-ring (bicyclic) bond motifs is 1. The van der Waals surface area contributed by atoms with Gasteiger partial charge in [0, 0.05) is 11.5 Å². The molecule has 0 bridgehead atoms. The molecule has 1 nitrogen and oxygen atoms in total. The van der Waals surface area contributed by atoms with E-state index >= 15 is 0 Å². The maximum atomic E-state index is 14.1. The highest BCUT2D eigenvalue weighted by molar-refractivity contribution is 5.92. The van der Waals surface area contributed by atoms with E-state index in [0.29, 0.717) is 16.8 Å². The third kappa shape index (κ3) is 2.81. The fourth-order valence-electron chi connectivity index (χ4n) is 3.21. The van der Waals surface area contributed by atoms with Gasteiger partial charge in [-0.1, -0.05) is 20.3 Å². The van der Waals surface area contributed by atoms with Crippen molar-refractivity contribution in [1.82, 2.24) is 4.98 Å². The van der Waals surface area contributed by atoms with E-state index < -0.39 is 11.6 Å². The summed E-state index contributed by atoms with van der Waals surface area (Å²) in [5, 5.41) is 0.599. The normalized spacial score (nSPS) is 14.2. The van der Waals surface area contributed by atoms with E-state index in [9.17, 15) is 13.2 Å². The average molecular weight is 331 g/mol. The molecule has 0 radical (unpaired) electrons. The summed E-state index contributed by atoms with van der Waals surface area (Å²) in [4.78, 5) is 3.08.